The zero-order valence-electron chi connectivity index (χ0n) is 15.6. The van der Waals surface area contributed by atoms with Crippen molar-refractivity contribution >= 4 is 17.2 Å². The Hall–Kier alpha value is 0.720. The van der Waals surface area contributed by atoms with Crippen molar-refractivity contribution in [2.45, 2.75) is 103 Å². The molecule has 0 saturated carbocycles. The van der Waals surface area contributed by atoms with Crippen LogP contribution in [0.2, 0.25) is 0 Å². The number of halogens is 1. The number of hydrogen-bond acceptors (Lipinski definition) is 0. The first-order valence-corrected chi connectivity index (χ1v) is 14.0. The van der Waals surface area contributed by atoms with Crippen LogP contribution in [0.15, 0.2) is 0 Å². The van der Waals surface area contributed by atoms with Crippen molar-refractivity contribution in [2.75, 3.05) is 20.0 Å². The van der Waals surface area contributed by atoms with Crippen LogP contribution in [-0.2, 0) is 0 Å². The van der Waals surface area contributed by atoms with E-state index in [1.807, 2.05) is 0 Å². The fourth-order valence-corrected chi connectivity index (χ4v) is 4.06. The molecule has 0 bridgehead atoms. The monoisotopic (exact) mass is 336 g/mol. The molecule has 0 fully saturated rings. The van der Waals surface area contributed by atoms with Crippen LogP contribution in [0.5, 0.6) is 0 Å². The Morgan fingerprint density at radius 3 is 1.33 bits per heavy atom. The van der Waals surface area contributed by atoms with E-state index in [1.54, 1.807) is 0 Å². The van der Waals surface area contributed by atoms with Gasteiger partial charge >= 0.3 is 120 Å². The Morgan fingerprint density at radius 2 is 1.00 bits per heavy atom. The molecule has 1 unspecified atom stereocenters. The molecule has 0 amide bonds. The number of unbranched alkanes of at least 4 members (excludes halogenated alkanes) is 11. The van der Waals surface area contributed by atoms with E-state index in [4.69, 9.17) is 11.2 Å². The third-order valence-corrected chi connectivity index (χ3v) is 9.20. The summed E-state index contributed by atoms with van der Waals surface area (Å²) in [5, 5.41) is 0. The van der Waals surface area contributed by atoms with Crippen molar-refractivity contribution in [2.24, 2.45) is 0 Å². The first kappa shape index (κ1) is 21.7. The van der Waals surface area contributed by atoms with Gasteiger partial charge in [-0.1, -0.05) is 19.8 Å². The SMILES string of the molecule is CCCCCCCCCCCCCCC(C)P(C)(C)(C)Cl. The van der Waals surface area contributed by atoms with Crippen molar-refractivity contribution in [3.05, 3.63) is 0 Å². The molecule has 0 aliphatic rings. The minimum atomic E-state index is -1.85. The van der Waals surface area contributed by atoms with Gasteiger partial charge in [-0.05, 0) is 0 Å². The van der Waals surface area contributed by atoms with Crippen LogP contribution in [0.4, 0.5) is 0 Å². The third-order valence-electron chi connectivity index (χ3n) is 4.96. The molecule has 0 heterocycles. The van der Waals surface area contributed by atoms with Crippen LogP contribution in [0.25, 0.3) is 0 Å². The quantitative estimate of drug-likeness (QED) is 0.222. The van der Waals surface area contributed by atoms with Crippen molar-refractivity contribution in [3.63, 3.8) is 0 Å². The van der Waals surface area contributed by atoms with E-state index in [9.17, 15) is 0 Å². The van der Waals surface area contributed by atoms with E-state index in [0.717, 1.165) is 0 Å². The fraction of sp³-hybridized carbons (Fsp3) is 1.00. The van der Waals surface area contributed by atoms with Crippen LogP contribution in [0, 0.1) is 0 Å². The van der Waals surface area contributed by atoms with Gasteiger partial charge in [0, 0.05) is 0 Å². The Labute approximate surface area is 140 Å². The van der Waals surface area contributed by atoms with E-state index in [0.29, 0.717) is 5.66 Å². The van der Waals surface area contributed by atoms with Crippen LogP contribution in [0.3, 0.4) is 0 Å². The van der Waals surface area contributed by atoms with Crippen LogP contribution in [-0.4, -0.2) is 25.7 Å². The molecule has 0 aliphatic carbocycles. The molecule has 0 rings (SSSR count). The van der Waals surface area contributed by atoms with Gasteiger partial charge in [0.2, 0.25) is 0 Å². The molecule has 2 heteroatoms. The summed E-state index contributed by atoms with van der Waals surface area (Å²) in [5.41, 5.74) is 0.709. The van der Waals surface area contributed by atoms with E-state index in [-0.39, 0.29) is 0 Å². The summed E-state index contributed by atoms with van der Waals surface area (Å²) in [4.78, 5) is 0. The van der Waals surface area contributed by atoms with Gasteiger partial charge in [0.1, 0.15) is 0 Å². The maximum atomic E-state index is 6.71. The molecule has 0 N–H and O–H groups in total. The van der Waals surface area contributed by atoms with Crippen LogP contribution in [0.1, 0.15) is 97.3 Å². The third kappa shape index (κ3) is 14.1. The maximum absolute atomic E-state index is 6.71. The molecule has 0 spiro atoms. The van der Waals surface area contributed by atoms with Gasteiger partial charge in [0.15, 0.2) is 0 Å². The van der Waals surface area contributed by atoms with Gasteiger partial charge in [-0.15, -0.1) is 0 Å². The average Bonchev–Trinajstić information content (AvgIpc) is 2.37. The molecule has 0 radical (unpaired) electrons. The van der Waals surface area contributed by atoms with Gasteiger partial charge in [-0.3, -0.25) is 0 Å². The van der Waals surface area contributed by atoms with Gasteiger partial charge in [-0.2, -0.15) is 0 Å². The summed E-state index contributed by atoms with van der Waals surface area (Å²) in [6, 6.07) is 0. The number of hydrogen-bond donors (Lipinski definition) is 0. The summed E-state index contributed by atoms with van der Waals surface area (Å²) < 4.78 is 0. The van der Waals surface area contributed by atoms with Crippen molar-refractivity contribution in [3.8, 4) is 0 Å². The molecule has 130 valence electrons. The molecule has 0 aromatic carbocycles. The Kier molecular flexibility index (Phi) is 11.7. The van der Waals surface area contributed by atoms with Gasteiger partial charge < -0.3 is 0 Å². The van der Waals surface area contributed by atoms with Crippen molar-refractivity contribution in [1.82, 2.24) is 0 Å². The zero-order valence-corrected chi connectivity index (χ0v) is 17.2. The summed E-state index contributed by atoms with van der Waals surface area (Å²) in [6.45, 7) is 11.5. The molecule has 0 aliphatic heterocycles. The zero-order chi connectivity index (χ0) is 16.2. The predicted octanol–water partition coefficient (Wildman–Crippen LogP) is 8.06. The van der Waals surface area contributed by atoms with E-state index in [2.05, 4.69) is 33.8 Å². The Bertz CT molecular complexity index is 232. The minimum absolute atomic E-state index is 0.709. The molecule has 0 saturated heterocycles. The second-order valence-electron chi connectivity index (χ2n) is 8.25. The Balaban J connectivity index is 3.27. The molecule has 1 atom stereocenters. The summed E-state index contributed by atoms with van der Waals surface area (Å²) >= 11 is 6.71. The standard InChI is InChI=1S/C19H42ClP/c1-6-7-8-9-10-11-12-13-14-15-16-17-18-19(2)21(3,4,5)20/h19H,6-18H2,1-5H3. The van der Waals surface area contributed by atoms with E-state index in [1.165, 1.54) is 83.5 Å². The van der Waals surface area contributed by atoms with Crippen molar-refractivity contribution < 1.29 is 0 Å². The molecule has 0 aromatic rings. The van der Waals surface area contributed by atoms with E-state index >= 15 is 0 Å². The van der Waals surface area contributed by atoms with Gasteiger partial charge in [0.25, 0.3) is 0 Å². The van der Waals surface area contributed by atoms with Gasteiger partial charge in [-0.25, -0.2) is 0 Å². The molecular formula is C19H42ClP. The average molecular weight is 337 g/mol. The second-order valence-corrected chi connectivity index (χ2v) is 18.2. The molecular weight excluding hydrogens is 295 g/mol. The molecule has 0 nitrogen and oxygen atoms in total. The Morgan fingerprint density at radius 1 is 0.667 bits per heavy atom. The molecule has 0 aromatic heterocycles. The van der Waals surface area contributed by atoms with Gasteiger partial charge in [0.05, 0.1) is 0 Å². The summed E-state index contributed by atoms with van der Waals surface area (Å²) in [7, 11) is 0. The first-order chi connectivity index (χ1) is 9.74. The molecule has 21 heavy (non-hydrogen) atoms. The van der Waals surface area contributed by atoms with Crippen LogP contribution >= 0.6 is 17.2 Å². The topological polar surface area (TPSA) is 0 Å². The van der Waals surface area contributed by atoms with E-state index < -0.39 is 5.96 Å². The fourth-order valence-electron chi connectivity index (χ4n) is 2.72. The second kappa shape index (κ2) is 11.3. The summed E-state index contributed by atoms with van der Waals surface area (Å²) in [6.07, 6.45) is 18.5. The van der Waals surface area contributed by atoms with Crippen molar-refractivity contribution in [1.29, 1.82) is 0 Å². The summed E-state index contributed by atoms with van der Waals surface area (Å²) in [5.74, 6) is -1.85. The number of rotatable bonds is 14. The normalized spacial score (nSPS) is 15.6. The first-order valence-electron chi connectivity index (χ1n) is 9.46. The van der Waals surface area contributed by atoms with Crippen LogP contribution < -0.4 is 0 Å². The predicted molar refractivity (Wildman–Crippen MR) is 106 cm³/mol.